The van der Waals surface area contributed by atoms with Crippen molar-refractivity contribution in [1.82, 2.24) is 0 Å². The fourth-order valence-corrected chi connectivity index (χ4v) is 1.64. The van der Waals surface area contributed by atoms with Crippen molar-refractivity contribution in [2.45, 2.75) is 19.8 Å². The SMILES string of the molecule is CCC(=O)C1=NN(c2ccccc2)CC1. The average molecular weight is 202 g/mol. The van der Waals surface area contributed by atoms with E-state index in [2.05, 4.69) is 5.10 Å². The van der Waals surface area contributed by atoms with Crippen LogP contribution >= 0.6 is 0 Å². The molecule has 0 radical (unpaired) electrons. The zero-order valence-electron chi connectivity index (χ0n) is 8.81. The number of carbonyl (C=O) groups is 1. The number of hydrogen-bond acceptors (Lipinski definition) is 3. The van der Waals surface area contributed by atoms with E-state index in [0.717, 1.165) is 18.7 Å². The second-order valence-corrected chi connectivity index (χ2v) is 3.53. The predicted octanol–water partition coefficient (Wildman–Crippen LogP) is 2.23. The maximum Gasteiger partial charge on any atom is 0.178 e. The Morgan fingerprint density at radius 1 is 1.40 bits per heavy atom. The first kappa shape index (κ1) is 9.90. The fraction of sp³-hybridized carbons (Fsp3) is 0.333. The van der Waals surface area contributed by atoms with Gasteiger partial charge in [-0.2, -0.15) is 5.10 Å². The number of ketones is 1. The highest BCUT2D eigenvalue weighted by Crippen LogP contribution is 2.18. The molecule has 0 aliphatic carbocycles. The summed E-state index contributed by atoms with van der Waals surface area (Å²) in [5.74, 6) is 0.161. The van der Waals surface area contributed by atoms with Crippen LogP contribution in [-0.4, -0.2) is 18.0 Å². The van der Waals surface area contributed by atoms with Crippen LogP contribution in [0.3, 0.4) is 0 Å². The summed E-state index contributed by atoms with van der Waals surface area (Å²) < 4.78 is 0. The number of rotatable bonds is 3. The van der Waals surface area contributed by atoms with E-state index in [0.29, 0.717) is 12.1 Å². The fourth-order valence-electron chi connectivity index (χ4n) is 1.64. The quantitative estimate of drug-likeness (QED) is 0.753. The lowest BCUT2D eigenvalue weighted by atomic mass is 10.1. The number of hydrogen-bond donors (Lipinski definition) is 0. The Balaban J connectivity index is 2.16. The third-order valence-corrected chi connectivity index (χ3v) is 2.50. The van der Waals surface area contributed by atoms with Crippen LogP contribution in [0.2, 0.25) is 0 Å². The van der Waals surface area contributed by atoms with Crippen LogP contribution in [0.4, 0.5) is 5.69 Å². The van der Waals surface area contributed by atoms with Gasteiger partial charge in [0, 0.05) is 19.4 Å². The largest absolute Gasteiger partial charge is 0.293 e. The van der Waals surface area contributed by atoms with Gasteiger partial charge in [-0.1, -0.05) is 25.1 Å². The number of nitrogens with zero attached hydrogens (tertiary/aromatic N) is 2. The highest BCUT2D eigenvalue weighted by atomic mass is 16.1. The van der Waals surface area contributed by atoms with Crippen molar-refractivity contribution < 1.29 is 4.79 Å². The first-order valence-electron chi connectivity index (χ1n) is 5.24. The average Bonchev–Trinajstić information content (AvgIpc) is 2.78. The molecule has 1 heterocycles. The molecular formula is C12H14N2O. The van der Waals surface area contributed by atoms with Crippen LogP contribution in [0, 0.1) is 0 Å². The standard InChI is InChI=1S/C12H14N2O/c1-2-12(15)11-8-9-14(13-11)10-6-4-3-5-7-10/h3-7H,2,8-9H2,1H3. The van der Waals surface area contributed by atoms with Gasteiger partial charge in [0.15, 0.2) is 5.78 Å². The zero-order chi connectivity index (χ0) is 10.7. The van der Waals surface area contributed by atoms with Crippen molar-refractivity contribution in [3.63, 3.8) is 0 Å². The van der Waals surface area contributed by atoms with Crippen LogP contribution in [0.5, 0.6) is 0 Å². The third kappa shape index (κ3) is 2.06. The van der Waals surface area contributed by atoms with Gasteiger partial charge in [-0.3, -0.25) is 9.80 Å². The number of hydrazone groups is 1. The Morgan fingerprint density at radius 2 is 2.13 bits per heavy atom. The van der Waals surface area contributed by atoms with Crippen LogP contribution in [-0.2, 0) is 4.79 Å². The Bertz CT molecular complexity index is 384. The summed E-state index contributed by atoms with van der Waals surface area (Å²) in [7, 11) is 0. The summed E-state index contributed by atoms with van der Waals surface area (Å²) in [6.07, 6.45) is 1.31. The lowest BCUT2D eigenvalue weighted by molar-refractivity contribution is -0.112. The van der Waals surface area contributed by atoms with Crippen LogP contribution in [0.15, 0.2) is 35.4 Å². The molecule has 3 nitrogen and oxygen atoms in total. The molecular weight excluding hydrogens is 188 g/mol. The van der Waals surface area contributed by atoms with Crippen molar-refractivity contribution in [3.05, 3.63) is 30.3 Å². The van der Waals surface area contributed by atoms with E-state index in [1.165, 1.54) is 0 Å². The van der Waals surface area contributed by atoms with Gasteiger partial charge in [0.05, 0.1) is 5.69 Å². The van der Waals surface area contributed by atoms with E-state index >= 15 is 0 Å². The molecule has 0 saturated heterocycles. The summed E-state index contributed by atoms with van der Waals surface area (Å²) in [5, 5.41) is 6.22. The van der Waals surface area contributed by atoms with E-state index in [9.17, 15) is 4.79 Å². The van der Waals surface area contributed by atoms with Crippen molar-refractivity contribution in [2.75, 3.05) is 11.6 Å². The second-order valence-electron chi connectivity index (χ2n) is 3.53. The van der Waals surface area contributed by atoms with Gasteiger partial charge < -0.3 is 0 Å². The first-order chi connectivity index (χ1) is 7.31. The molecule has 0 spiro atoms. The van der Waals surface area contributed by atoms with E-state index in [1.54, 1.807) is 0 Å². The molecule has 15 heavy (non-hydrogen) atoms. The van der Waals surface area contributed by atoms with Crippen LogP contribution < -0.4 is 5.01 Å². The number of benzene rings is 1. The minimum absolute atomic E-state index is 0.161. The smallest absolute Gasteiger partial charge is 0.178 e. The molecule has 2 rings (SSSR count). The van der Waals surface area contributed by atoms with Crippen molar-refractivity contribution >= 4 is 17.2 Å². The summed E-state index contributed by atoms with van der Waals surface area (Å²) in [5.41, 5.74) is 1.76. The zero-order valence-corrected chi connectivity index (χ0v) is 8.81. The number of Topliss-reactive ketones (excluding diaryl/α,β-unsaturated/α-hetero) is 1. The van der Waals surface area contributed by atoms with Gasteiger partial charge >= 0.3 is 0 Å². The van der Waals surface area contributed by atoms with Gasteiger partial charge in [-0.15, -0.1) is 0 Å². The molecule has 0 saturated carbocycles. The topological polar surface area (TPSA) is 32.7 Å². The molecule has 78 valence electrons. The van der Waals surface area contributed by atoms with Gasteiger partial charge in [-0.05, 0) is 12.1 Å². The second kappa shape index (κ2) is 4.26. The lowest BCUT2D eigenvalue weighted by Gasteiger charge is -2.12. The van der Waals surface area contributed by atoms with Gasteiger partial charge in [0.25, 0.3) is 0 Å². The normalized spacial score (nSPS) is 15.3. The molecule has 0 bridgehead atoms. The maximum absolute atomic E-state index is 11.4. The van der Waals surface area contributed by atoms with E-state index in [4.69, 9.17) is 0 Å². The predicted molar refractivity (Wildman–Crippen MR) is 61.1 cm³/mol. The van der Waals surface area contributed by atoms with Crippen LogP contribution in [0.1, 0.15) is 19.8 Å². The lowest BCUT2D eigenvalue weighted by Crippen LogP contribution is -2.11. The van der Waals surface area contributed by atoms with Crippen LogP contribution in [0.25, 0.3) is 0 Å². The molecule has 0 aromatic heterocycles. The molecule has 1 aliphatic heterocycles. The van der Waals surface area contributed by atoms with Crippen molar-refractivity contribution in [2.24, 2.45) is 5.10 Å². The summed E-state index contributed by atoms with van der Waals surface area (Å²) in [6, 6.07) is 9.93. The van der Waals surface area contributed by atoms with E-state index in [1.807, 2.05) is 42.3 Å². The summed E-state index contributed by atoms with van der Waals surface area (Å²) in [6.45, 7) is 2.68. The minimum Gasteiger partial charge on any atom is -0.293 e. The minimum atomic E-state index is 0.161. The molecule has 0 N–H and O–H groups in total. The van der Waals surface area contributed by atoms with Crippen molar-refractivity contribution in [1.29, 1.82) is 0 Å². The maximum atomic E-state index is 11.4. The van der Waals surface area contributed by atoms with E-state index in [-0.39, 0.29) is 5.78 Å². The molecule has 1 aromatic rings. The Labute approximate surface area is 89.4 Å². The Morgan fingerprint density at radius 3 is 2.80 bits per heavy atom. The number of para-hydroxylation sites is 1. The highest BCUT2D eigenvalue weighted by Gasteiger charge is 2.19. The van der Waals surface area contributed by atoms with Crippen molar-refractivity contribution in [3.8, 4) is 0 Å². The molecule has 1 aromatic carbocycles. The highest BCUT2D eigenvalue weighted by molar-refractivity contribution is 6.40. The molecule has 0 amide bonds. The molecule has 3 heteroatoms. The molecule has 0 fully saturated rings. The van der Waals surface area contributed by atoms with E-state index < -0.39 is 0 Å². The molecule has 0 atom stereocenters. The van der Waals surface area contributed by atoms with Gasteiger partial charge in [0.1, 0.15) is 5.71 Å². The Kier molecular flexibility index (Phi) is 2.81. The number of anilines is 1. The van der Waals surface area contributed by atoms with Gasteiger partial charge in [0.2, 0.25) is 0 Å². The summed E-state index contributed by atoms with van der Waals surface area (Å²) in [4.78, 5) is 11.4. The monoisotopic (exact) mass is 202 g/mol. The Hall–Kier alpha value is -1.64. The molecule has 1 aliphatic rings. The van der Waals surface area contributed by atoms with Gasteiger partial charge in [-0.25, -0.2) is 0 Å². The third-order valence-electron chi connectivity index (χ3n) is 2.50. The molecule has 0 unspecified atom stereocenters. The number of carbonyl (C=O) groups excluding carboxylic acids is 1. The summed E-state index contributed by atoms with van der Waals surface area (Å²) >= 11 is 0. The first-order valence-corrected chi connectivity index (χ1v) is 5.24.